The summed E-state index contributed by atoms with van der Waals surface area (Å²) in [7, 11) is 1.65. The van der Waals surface area contributed by atoms with Crippen LogP contribution < -0.4 is 0 Å². The van der Waals surface area contributed by atoms with Crippen LogP contribution in [-0.2, 0) is 11.3 Å². The number of unbranched alkanes of at least 4 members (excludes halogenated alkanes) is 1. The van der Waals surface area contributed by atoms with Gasteiger partial charge in [0, 0.05) is 26.5 Å². The summed E-state index contributed by atoms with van der Waals surface area (Å²) < 4.78 is 7.09. The van der Waals surface area contributed by atoms with Crippen molar-refractivity contribution in [3.05, 3.63) is 16.6 Å². The number of methoxy groups -OCH3 is 1. The van der Waals surface area contributed by atoms with E-state index in [1.165, 1.54) is 0 Å². The standard InChI is InChI=1S/C9H13BrN2O3/c1-15-5-3-2-4-12-6-7(10)11-8(12)9(13)14/h6H,2-5H2,1H3,(H,13,14). The molecule has 5 nitrogen and oxygen atoms in total. The van der Waals surface area contributed by atoms with E-state index >= 15 is 0 Å². The maximum absolute atomic E-state index is 10.8. The van der Waals surface area contributed by atoms with Gasteiger partial charge in [0.05, 0.1) is 0 Å². The Morgan fingerprint density at radius 2 is 2.40 bits per heavy atom. The van der Waals surface area contributed by atoms with E-state index in [4.69, 9.17) is 9.84 Å². The molecule has 0 aliphatic heterocycles. The zero-order chi connectivity index (χ0) is 11.3. The van der Waals surface area contributed by atoms with Gasteiger partial charge in [-0.15, -0.1) is 0 Å². The lowest BCUT2D eigenvalue weighted by atomic mass is 10.3. The first-order valence-corrected chi connectivity index (χ1v) is 5.39. The SMILES string of the molecule is COCCCCn1cc(Br)nc1C(=O)O. The number of halogens is 1. The molecule has 0 aliphatic rings. The van der Waals surface area contributed by atoms with E-state index in [9.17, 15) is 4.79 Å². The van der Waals surface area contributed by atoms with Gasteiger partial charge in [0.25, 0.3) is 0 Å². The molecule has 0 spiro atoms. The minimum Gasteiger partial charge on any atom is -0.475 e. The minimum absolute atomic E-state index is 0.0688. The molecule has 1 heterocycles. The van der Waals surface area contributed by atoms with Gasteiger partial charge in [0.15, 0.2) is 0 Å². The molecule has 0 aromatic carbocycles. The number of carbonyl (C=O) groups is 1. The topological polar surface area (TPSA) is 64.4 Å². The van der Waals surface area contributed by atoms with Crippen molar-refractivity contribution in [3.63, 3.8) is 0 Å². The number of aromatic nitrogens is 2. The second-order valence-corrected chi connectivity index (χ2v) is 3.90. The van der Waals surface area contributed by atoms with Gasteiger partial charge in [-0.2, -0.15) is 0 Å². The molecule has 0 atom stereocenters. The molecule has 0 bridgehead atoms. The molecule has 1 N–H and O–H groups in total. The van der Waals surface area contributed by atoms with Gasteiger partial charge in [-0.3, -0.25) is 0 Å². The van der Waals surface area contributed by atoms with Crippen molar-refractivity contribution in [2.24, 2.45) is 0 Å². The normalized spacial score (nSPS) is 10.5. The molecule has 0 saturated heterocycles. The molecular formula is C9H13BrN2O3. The van der Waals surface area contributed by atoms with Crippen molar-refractivity contribution < 1.29 is 14.6 Å². The monoisotopic (exact) mass is 276 g/mol. The van der Waals surface area contributed by atoms with Crippen LogP contribution in [0.3, 0.4) is 0 Å². The molecular weight excluding hydrogens is 264 g/mol. The summed E-state index contributed by atoms with van der Waals surface area (Å²) in [6.45, 7) is 1.34. The lowest BCUT2D eigenvalue weighted by Gasteiger charge is -2.03. The van der Waals surface area contributed by atoms with E-state index in [-0.39, 0.29) is 5.82 Å². The van der Waals surface area contributed by atoms with Crippen molar-refractivity contribution >= 4 is 21.9 Å². The Kier molecular flexibility index (Phi) is 4.77. The van der Waals surface area contributed by atoms with E-state index in [0.717, 1.165) is 12.8 Å². The first-order chi connectivity index (χ1) is 7.15. The maximum Gasteiger partial charge on any atom is 0.372 e. The molecule has 0 aliphatic carbocycles. The van der Waals surface area contributed by atoms with Crippen LogP contribution in [0.4, 0.5) is 0 Å². The fourth-order valence-electron chi connectivity index (χ4n) is 1.25. The van der Waals surface area contributed by atoms with E-state index in [0.29, 0.717) is 17.8 Å². The van der Waals surface area contributed by atoms with Crippen LogP contribution in [0, 0.1) is 0 Å². The third kappa shape index (κ3) is 3.64. The molecule has 1 rings (SSSR count). The molecule has 0 saturated carbocycles. The second kappa shape index (κ2) is 5.87. The van der Waals surface area contributed by atoms with Crippen LogP contribution in [0.1, 0.15) is 23.5 Å². The molecule has 1 aromatic heterocycles. The predicted octanol–water partition coefficient (Wildman–Crippen LogP) is 1.77. The highest BCUT2D eigenvalue weighted by Gasteiger charge is 2.12. The molecule has 84 valence electrons. The molecule has 0 amide bonds. The molecule has 0 unspecified atom stereocenters. The minimum atomic E-state index is -1.01. The van der Waals surface area contributed by atoms with Crippen LogP contribution in [-0.4, -0.2) is 34.3 Å². The van der Waals surface area contributed by atoms with Crippen LogP contribution in [0.5, 0.6) is 0 Å². The van der Waals surface area contributed by atoms with Crippen LogP contribution >= 0.6 is 15.9 Å². The highest BCUT2D eigenvalue weighted by atomic mass is 79.9. The Morgan fingerprint density at radius 3 is 3.00 bits per heavy atom. The van der Waals surface area contributed by atoms with Crippen LogP contribution in [0.2, 0.25) is 0 Å². The van der Waals surface area contributed by atoms with Crippen molar-refractivity contribution in [2.45, 2.75) is 19.4 Å². The molecule has 6 heteroatoms. The fraction of sp³-hybridized carbons (Fsp3) is 0.556. The highest BCUT2D eigenvalue weighted by Crippen LogP contribution is 2.11. The Balaban J connectivity index is 2.55. The molecule has 0 radical (unpaired) electrons. The summed E-state index contributed by atoms with van der Waals surface area (Å²) in [6, 6.07) is 0. The van der Waals surface area contributed by atoms with E-state index in [1.54, 1.807) is 17.9 Å². The lowest BCUT2D eigenvalue weighted by Crippen LogP contribution is -2.09. The van der Waals surface area contributed by atoms with Gasteiger partial charge in [-0.1, -0.05) is 0 Å². The van der Waals surface area contributed by atoms with Crippen molar-refractivity contribution in [3.8, 4) is 0 Å². The van der Waals surface area contributed by atoms with Crippen LogP contribution in [0.25, 0.3) is 0 Å². The lowest BCUT2D eigenvalue weighted by molar-refractivity contribution is 0.0677. The smallest absolute Gasteiger partial charge is 0.372 e. The second-order valence-electron chi connectivity index (χ2n) is 3.09. The number of rotatable bonds is 6. The number of aromatic carboxylic acids is 1. The zero-order valence-corrected chi connectivity index (χ0v) is 10.0. The molecule has 15 heavy (non-hydrogen) atoms. The highest BCUT2D eigenvalue weighted by molar-refractivity contribution is 9.10. The number of hydrogen-bond donors (Lipinski definition) is 1. The Labute approximate surface area is 96.2 Å². The van der Waals surface area contributed by atoms with Gasteiger partial charge in [-0.05, 0) is 28.8 Å². The summed E-state index contributed by atoms with van der Waals surface area (Å²) in [5.41, 5.74) is 0. The van der Waals surface area contributed by atoms with Gasteiger partial charge in [0.2, 0.25) is 5.82 Å². The van der Waals surface area contributed by atoms with E-state index in [2.05, 4.69) is 20.9 Å². The summed E-state index contributed by atoms with van der Waals surface area (Å²) in [4.78, 5) is 14.7. The Hall–Kier alpha value is -0.880. The van der Waals surface area contributed by atoms with Crippen LogP contribution in [0.15, 0.2) is 10.8 Å². The largest absolute Gasteiger partial charge is 0.475 e. The number of carboxylic acids is 1. The fourth-order valence-corrected chi connectivity index (χ4v) is 1.67. The van der Waals surface area contributed by atoms with Crippen molar-refractivity contribution in [1.82, 2.24) is 9.55 Å². The number of aryl methyl sites for hydroxylation is 1. The van der Waals surface area contributed by atoms with Gasteiger partial charge in [-0.25, -0.2) is 9.78 Å². The van der Waals surface area contributed by atoms with Crippen molar-refractivity contribution in [1.29, 1.82) is 0 Å². The third-order valence-corrected chi connectivity index (χ3v) is 2.32. The number of hydrogen-bond acceptors (Lipinski definition) is 3. The summed E-state index contributed by atoms with van der Waals surface area (Å²) in [5.74, 6) is -0.938. The average Bonchev–Trinajstić information content (AvgIpc) is 2.55. The Morgan fingerprint density at radius 1 is 1.67 bits per heavy atom. The third-order valence-electron chi connectivity index (χ3n) is 1.94. The van der Waals surface area contributed by atoms with E-state index < -0.39 is 5.97 Å². The zero-order valence-electron chi connectivity index (χ0n) is 8.44. The maximum atomic E-state index is 10.8. The van der Waals surface area contributed by atoms with E-state index in [1.807, 2.05) is 0 Å². The molecule has 0 fully saturated rings. The average molecular weight is 277 g/mol. The first-order valence-electron chi connectivity index (χ1n) is 4.60. The molecule has 1 aromatic rings. The summed E-state index contributed by atoms with van der Waals surface area (Å²) in [6.07, 6.45) is 3.46. The van der Waals surface area contributed by atoms with Crippen molar-refractivity contribution in [2.75, 3.05) is 13.7 Å². The quantitative estimate of drug-likeness (QED) is 0.805. The Bertz CT molecular complexity index is 338. The number of ether oxygens (including phenoxy) is 1. The summed E-state index contributed by atoms with van der Waals surface area (Å²) in [5, 5.41) is 8.85. The van der Waals surface area contributed by atoms with Gasteiger partial charge >= 0.3 is 5.97 Å². The number of imidazole rings is 1. The first kappa shape index (κ1) is 12.2. The number of nitrogens with zero attached hydrogens (tertiary/aromatic N) is 2. The summed E-state index contributed by atoms with van der Waals surface area (Å²) >= 11 is 3.15. The van der Waals surface area contributed by atoms with Gasteiger partial charge < -0.3 is 14.4 Å². The van der Waals surface area contributed by atoms with Gasteiger partial charge in [0.1, 0.15) is 4.60 Å². The predicted molar refractivity (Wildman–Crippen MR) is 58.0 cm³/mol. The number of carboxylic acid groups (broad SMARTS) is 1.